The second kappa shape index (κ2) is 3.64. The van der Waals surface area contributed by atoms with E-state index in [4.69, 9.17) is 4.74 Å². The monoisotopic (exact) mass is 190 g/mol. The minimum atomic E-state index is -0.755. The van der Waals surface area contributed by atoms with Crippen molar-refractivity contribution in [1.29, 1.82) is 0 Å². The summed E-state index contributed by atoms with van der Waals surface area (Å²) in [4.78, 5) is 11.0. The number of carbonyl (C=O) groups excluding carboxylic acids is 1. The molecule has 72 valence electrons. The summed E-state index contributed by atoms with van der Waals surface area (Å²) in [5.74, 6) is -0.413. The van der Waals surface area contributed by atoms with Crippen LogP contribution in [0, 0.1) is 0 Å². The minimum Gasteiger partial charge on any atom is -0.451 e. The average Bonchev–Trinajstić information content (AvgIpc) is 2.23. The molecule has 1 aliphatic heterocycles. The fourth-order valence-electron chi connectivity index (χ4n) is 1.42. The minimum absolute atomic E-state index is 0.413. The van der Waals surface area contributed by atoms with Crippen LogP contribution in [0.25, 0.3) is 0 Å². The summed E-state index contributed by atoms with van der Waals surface area (Å²) in [6.07, 6.45) is 1.36. The van der Waals surface area contributed by atoms with Crippen molar-refractivity contribution < 1.29 is 14.6 Å². The summed E-state index contributed by atoms with van der Waals surface area (Å²) in [6, 6.07) is 9.19. The molecule has 0 radical (unpaired) electrons. The zero-order chi connectivity index (χ0) is 9.97. The first-order valence-corrected chi connectivity index (χ1v) is 4.39. The number of aliphatic hydroxyl groups is 1. The first-order valence-electron chi connectivity index (χ1n) is 4.39. The lowest BCUT2D eigenvalue weighted by Crippen LogP contribution is -2.25. The number of ether oxygens (including phenoxy) is 1. The Hall–Kier alpha value is -1.61. The Morgan fingerprint density at radius 2 is 1.93 bits per heavy atom. The molecule has 0 fully saturated rings. The molecule has 14 heavy (non-hydrogen) atoms. The molecule has 0 amide bonds. The SMILES string of the molecule is O=C1C=C[C@@H](O)[C@@H](c2ccccc2)O1. The average molecular weight is 190 g/mol. The molecule has 3 nitrogen and oxygen atoms in total. The molecular formula is C11H10O3. The topological polar surface area (TPSA) is 46.5 Å². The van der Waals surface area contributed by atoms with Crippen molar-refractivity contribution in [1.82, 2.24) is 0 Å². The fourth-order valence-corrected chi connectivity index (χ4v) is 1.42. The normalized spacial score (nSPS) is 25.9. The number of aliphatic hydroxyl groups excluding tert-OH is 1. The van der Waals surface area contributed by atoms with Crippen molar-refractivity contribution in [2.45, 2.75) is 12.2 Å². The van der Waals surface area contributed by atoms with Crippen LogP contribution >= 0.6 is 0 Å². The lowest BCUT2D eigenvalue weighted by atomic mass is 10.0. The van der Waals surface area contributed by atoms with E-state index in [1.807, 2.05) is 30.3 Å². The standard InChI is InChI=1S/C11H10O3/c12-9-6-7-10(13)14-11(9)8-4-2-1-3-5-8/h1-7,9,11-12H/t9-,11-/m1/s1. The summed E-state index contributed by atoms with van der Waals surface area (Å²) in [5, 5.41) is 9.58. The van der Waals surface area contributed by atoms with Gasteiger partial charge in [0.15, 0.2) is 6.10 Å². The van der Waals surface area contributed by atoms with Gasteiger partial charge in [0.25, 0.3) is 0 Å². The third kappa shape index (κ3) is 1.67. The van der Waals surface area contributed by atoms with Gasteiger partial charge in [0, 0.05) is 6.08 Å². The van der Waals surface area contributed by atoms with Gasteiger partial charge in [-0.2, -0.15) is 0 Å². The van der Waals surface area contributed by atoms with E-state index >= 15 is 0 Å². The lowest BCUT2D eigenvalue weighted by Gasteiger charge is -2.23. The molecule has 3 heteroatoms. The van der Waals surface area contributed by atoms with Crippen LogP contribution in [0.1, 0.15) is 11.7 Å². The predicted molar refractivity (Wildman–Crippen MR) is 50.4 cm³/mol. The Morgan fingerprint density at radius 3 is 2.64 bits per heavy atom. The van der Waals surface area contributed by atoms with Crippen LogP contribution in [-0.4, -0.2) is 17.2 Å². The number of cyclic esters (lactones) is 1. The molecule has 0 saturated heterocycles. The van der Waals surface area contributed by atoms with E-state index in [0.29, 0.717) is 0 Å². The Morgan fingerprint density at radius 1 is 1.21 bits per heavy atom. The molecule has 0 aliphatic carbocycles. The molecule has 2 atom stereocenters. The number of benzene rings is 1. The first kappa shape index (κ1) is 8.97. The predicted octanol–water partition coefficient (Wildman–Crippen LogP) is 1.20. The van der Waals surface area contributed by atoms with E-state index in [2.05, 4.69) is 0 Å². The molecule has 1 aromatic rings. The first-order chi connectivity index (χ1) is 6.77. The van der Waals surface area contributed by atoms with Crippen LogP contribution in [0.3, 0.4) is 0 Å². The van der Waals surface area contributed by atoms with Crippen LogP contribution in [0.4, 0.5) is 0 Å². The molecule has 2 rings (SSSR count). The zero-order valence-corrected chi connectivity index (χ0v) is 7.46. The third-order valence-corrected chi connectivity index (χ3v) is 2.11. The van der Waals surface area contributed by atoms with Crippen LogP contribution in [-0.2, 0) is 9.53 Å². The number of rotatable bonds is 1. The number of hydrogen-bond acceptors (Lipinski definition) is 3. The van der Waals surface area contributed by atoms with Crippen molar-refractivity contribution >= 4 is 5.97 Å². The number of hydrogen-bond donors (Lipinski definition) is 1. The van der Waals surface area contributed by atoms with Gasteiger partial charge in [0.1, 0.15) is 6.10 Å². The van der Waals surface area contributed by atoms with Crippen LogP contribution in [0.5, 0.6) is 0 Å². The largest absolute Gasteiger partial charge is 0.451 e. The molecule has 1 aliphatic rings. The molecule has 0 unspecified atom stereocenters. The molecular weight excluding hydrogens is 180 g/mol. The second-order valence-electron chi connectivity index (χ2n) is 3.12. The van der Waals surface area contributed by atoms with Crippen LogP contribution < -0.4 is 0 Å². The summed E-state index contributed by atoms with van der Waals surface area (Å²) in [5.41, 5.74) is 0.803. The number of esters is 1. The smallest absolute Gasteiger partial charge is 0.331 e. The Kier molecular flexibility index (Phi) is 2.33. The third-order valence-electron chi connectivity index (χ3n) is 2.11. The van der Waals surface area contributed by atoms with Crippen molar-refractivity contribution in [3.05, 3.63) is 48.0 Å². The van der Waals surface area contributed by atoms with E-state index in [0.717, 1.165) is 5.56 Å². The molecule has 0 saturated carbocycles. The molecule has 1 aromatic carbocycles. The van der Waals surface area contributed by atoms with Gasteiger partial charge in [-0.15, -0.1) is 0 Å². The van der Waals surface area contributed by atoms with Gasteiger partial charge in [0.05, 0.1) is 0 Å². The van der Waals surface area contributed by atoms with E-state index in [1.54, 1.807) is 0 Å². The van der Waals surface area contributed by atoms with Gasteiger partial charge in [-0.25, -0.2) is 4.79 Å². The highest BCUT2D eigenvalue weighted by Gasteiger charge is 2.25. The van der Waals surface area contributed by atoms with Crippen molar-refractivity contribution in [2.75, 3.05) is 0 Å². The fraction of sp³-hybridized carbons (Fsp3) is 0.182. The van der Waals surface area contributed by atoms with Gasteiger partial charge < -0.3 is 9.84 Å². The van der Waals surface area contributed by atoms with Crippen LogP contribution in [0.2, 0.25) is 0 Å². The van der Waals surface area contributed by atoms with E-state index in [1.165, 1.54) is 12.2 Å². The van der Waals surface area contributed by atoms with Gasteiger partial charge in [0.2, 0.25) is 0 Å². The Labute approximate surface area is 81.6 Å². The highest BCUT2D eigenvalue weighted by Crippen LogP contribution is 2.25. The second-order valence-corrected chi connectivity index (χ2v) is 3.12. The van der Waals surface area contributed by atoms with Gasteiger partial charge in [-0.3, -0.25) is 0 Å². The quantitative estimate of drug-likeness (QED) is 0.677. The highest BCUT2D eigenvalue weighted by molar-refractivity contribution is 5.83. The van der Waals surface area contributed by atoms with Crippen molar-refractivity contribution in [2.24, 2.45) is 0 Å². The van der Waals surface area contributed by atoms with Gasteiger partial charge in [-0.1, -0.05) is 30.3 Å². The molecule has 0 bridgehead atoms. The molecule has 0 aromatic heterocycles. The lowest BCUT2D eigenvalue weighted by molar-refractivity contribution is -0.150. The van der Waals surface area contributed by atoms with E-state index < -0.39 is 18.2 Å². The molecule has 1 N–H and O–H groups in total. The van der Waals surface area contributed by atoms with E-state index in [-0.39, 0.29) is 0 Å². The van der Waals surface area contributed by atoms with E-state index in [9.17, 15) is 9.90 Å². The maximum Gasteiger partial charge on any atom is 0.331 e. The Balaban J connectivity index is 2.27. The summed E-state index contributed by atoms with van der Waals surface area (Å²) >= 11 is 0. The highest BCUT2D eigenvalue weighted by atomic mass is 16.6. The van der Waals surface area contributed by atoms with Crippen LogP contribution in [0.15, 0.2) is 42.5 Å². The summed E-state index contributed by atoms with van der Waals surface area (Å²) in [7, 11) is 0. The van der Waals surface area contributed by atoms with Crippen molar-refractivity contribution in [3.63, 3.8) is 0 Å². The Bertz CT molecular complexity index is 356. The summed E-state index contributed by atoms with van der Waals surface area (Å²) < 4.78 is 5.01. The maximum absolute atomic E-state index is 11.0. The maximum atomic E-state index is 11.0. The number of carbonyl (C=O) groups is 1. The van der Waals surface area contributed by atoms with Gasteiger partial charge >= 0.3 is 5.97 Å². The molecule has 0 spiro atoms. The van der Waals surface area contributed by atoms with Gasteiger partial charge in [-0.05, 0) is 11.6 Å². The van der Waals surface area contributed by atoms with Crippen molar-refractivity contribution in [3.8, 4) is 0 Å². The molecule has 1 heterocycles. The summed E-state index contributed by atoms with van der Waals surface area (Å²) in [6.45, 7) is 0. The zero-order valence-electron chi connectivity index (χ0n) is 7.46.